The number of hydrogen-bond acceptors (Lipinski definition) is 2. The quantitative estimate of drug-likeness (QED) is 0.847. The molecule has 1 saturated carbocycles. The fourth-order valence-electron chi connectivity index (χ4n) is 5.68. The Morgan fingerprint density at radius 3 is 2.92 bits per heavy atom. The first-order chi connectivity index (χ1) is 11.3. The summed E-state index contributed by atoms with van der Waals surface area (Å²) in [6.07, 6.45) is 8.29. The molecule has 2 saturated heterocycles. The topological polar surface area (TPSA) is 32.3 Å². The van der Waals surface area contributed by atoms with E-state index >= 15 is 0 Å². The van der Waals surface area contributed by atoms with Crippen LogP contribution < -0.4 is 5.32 Å². The number of fused-ring (bicyclic) bond motifs is 4. The summed E-state index contributed by atoms with van der Waals surface area (Å²) in [4.78, 5) is 15.7. The molecular formula is C20H27ClN2O. The number of rotatable bonds is 1. The number of carbonyl (C=O) groups excluding carboxylic acids is 1. The van der Waals surface area contributed by atoms with Gasteiger partial charge >= 0.3 is 0 Å². The zero-order chi connectivity index (χ0) is 15.4. The molecule has 1 amide bonds. The summed E-state index contributed by atoms with van der Waals surface area (Å²) in [5.41, 5.74) is 3.17. The van der Waals surface area contributed by atoms with Crippen molar-refractivity contribution in [2.24, 2.45) is 5.92 Å². The maximum atomic E-state index is 13.4. The molecular weight excluding hydrogens is 320 g/mol. The predicted molar refractivity (Wildman–Crippen MR) is 97.6 cm³/mol. The number of aryl methyl sites for hydroxylation is 1. The molecule has 1 N–H and O–H groups in total. The normalized spacial score (nSPS) is 36.7. The summed E-state index contributed by atoms with van der Waals surface area (Å²) in [5.74, 6) is 0.725. The molecule has 1 aromatic rings. The Hall–Kier alpha value is -1.06. The first kappa shape index (κ1) is 16.4. The van der Waals surface area contributed by atoms with Crippen molar-refractivity contribution in [2.75, 3.05) is 13.1 Å². The first-order valence-electron chi connectivity index (χ1n) is 9.41. The standard InChI is InChI=1S/C20H26N2O.ClH/c23-19(22-15-7-8-16(22)13-21-11-9-15)18-12-20(18)10-3-5-14-4-1-2-6-17(14)20;/h1-2,4,6,15-16,18,21H,3,5,7-13H2;1H. The van der Waals surface area contributed by atoms with Gasteiger partial charge in [-0.05, 0) is 62.6 Å². The average molecular weight is 347 g/mol. The zero-order valence-electron chi connectivity index (χ0n) is 14.2. The van der Waals surface area contributed by atoms with Crippen LogP contribution in [0.2, 0.25) is 0 Å². The van der Waals surface area contributed by atoms with Crippen molar-refractivity contribution in [3.8, 4) is 0 Å². The molecule has 2 aliphatic heterocycles. The lowest BCUT2D eigenvalue weighted by molar-refractivity contribution is -0.135. The minimum absolute atomic E-state index is 0. The van der Waals surface area contributed by atoms with Crippen molar-refractivity contribution in [1.82, 2.24) is 10.2 Å². The van der Waals surface area contributed by atoms with Crippen LogP contribution in [0.5, 0.6) is 0 Å². The Kier molecular flexibility index (Phi) is 4.12. The molecule has 5 rings (SSSR count). The lowest BCUT2D eigenvalue weighted by atomic mass is 9.78. The van der Waals surface area contributed by atoms with E-state index in [0.29, 0.717) is 18.0 Å². The summed E-state index contributed by atoms with van der Waals surface area (Å²) < 4.78 is 0. The van der Waals surface area contributed by atoms with Crippen LogP contribution in [-0.2, 0) is 16.6 Å². The first-order valence-corrected chi connectivity index (χ1v) is 9.41. The summed E-state index contributed by atoms with van der Waals surface area (Å²) >= 11 is 0. The highest BCUT2D eigenvalue weighted by molar-refractivity contribution is 5.86. The molecule has 3 fully saturated rings. The molecule has 1 spiro atoms. The molecule has 4 atom stereocenters. The second kappa shape index (κ2) is 6.03. The summed E-state index contributed by atoms with van der Waals surface area (Å²) in [5, 5.41) is 3.52. The van der Waals surface area contributed by atoms with Crippen molar-refractivity contribution >= 4 is 18.3 Å². The molecule has 130 valence electrons. The van der Waals surface area contributed by atoms with Gasteiger partial charge < -0.3 is 10.2 Å². The molecule has 0 radical (unpaired) electrons. The van der Waals surface area contributed by atoms with E-state index < -0.39 is 0 Å². The van der Waals surface area contributed by atoms with Crippen LogP contribution in [0, 0.1) is 5.92 Å². The third-order valence-electron chi connectivity index (χ3n) is 6.90. The van der Waals surface area contributed by atoms with Gasteiger partial charge in [-0.3, -0.25) is 4.79 Å². The van der Waals surface area contributed by atoms with Gasteiger partial charge in [-0.25, -0.2) is 0 Å². The second-order valence-electron chi connectivity index (χ2n) is 8.05. The van der Waals surface area contributed by atoms with Crippen molar-refractivity contribution in [1.29, 1.82) is 0 Å². The van der Waals surface area contributed by atoms with Crippen molar-refractivity contribution in [3.63, 3.8) is 0 Å². The summed E-state index contributed by atoms with van der Waals surface area (Å²) in [6.45, 7) is 2.07. The van der Waals surface area contributed by atoms with E-state index in [0.717, 1.165) is 25.9 Å². The summed E-state index contributed by atoms with van der Waals surface area (Å²) in [6, 6.07) is 9.82. The molecule has 2 bridgehead atoms. The van der Waals surface area contributed by atoms with Gasteiger partial charge in [-0.15, -0.1) is 12.4 Å². The number of hydrogen-bond donors (Lipinski definition) is 1. The van der Waals surface area contributed by atoms with E-state index in [1.165, 1.54) is 43.2 Å². The Morgan fingerprint density at radius 1 is 1.17 bits per heavy atom. The molecule has 24 heavy (non-hydrogen) atoms. The van der Waals surface area contributed by atoms with Gasteiger partial charge in [-0.2, -0.15) is 0 Å². The molecule has 4 heteroatoms. The van der Waals surface area contributed by atoms with Crippen LogP contribution in [0.4, 0.5) is 0 Å². The molecule has 4 aliphatic rings. The van der Waals surface area contributed by atoms with Gasteiger partial charge in [0.15, 0.2) is 0 Å². The van der Waals surface area contributed by atoms with Crippen molar-refractivity contribution in [2.45, 2.75) is 62.4 Å². The maximum absolute atomic E-state index is 13.4. The van der Waals surface area contributed by atoms with Gasteiger partial charge in [0.25, 0.3) is 0 Å². The van der Waals surface area contributed by atoms with Crippen LogP contribution in [0.3, 0.4) is 0 Å². The van der Waals surface area contributed by atoms with Gasteiger partial charge in [0.1, 0.15) is 0 Å². The molecule has 2 heterocycles. The van der Waals surface area contributed by atoms with E-state index in [-0.39, 0.29) is 23.7 Å². The highest BCUT2D eigenvalue weighted by Gasteiger charge is 2.62. The van der Waals surface area contributed by atoms with E-state index in [9.17, 15) is 4.79 Å². The maximum Gasteiger partial charge on any atom is 0.227 e. The largest absolute Gasteiger partial charge is 0.335 e. The van der Waals surface area contributed by atoms with E-state index in [2.05, 4.69) is 34.5 Å². The smallest absolute Gasteiger partial charge is 0.227 e. The lowest BCUT2D eigenvalue weighted by Crippen LogP contribution is -2.44. The summed E-state index contributed by atoms with van der Waals surface area (Å²) in [7, 11) is 0. The number of nitrogens with zero attached hydrogens (tertiary/aromatic N) is 1. The van der Waals surface area contributed by atoms with Crippen molar-refractivity contribution in [3.05, 3.63) is 35.4 Å². The third kappa shape index (κ3) is 2.32. The van der Waals surface area contributed by atoms with E-state index in [1.54, 1.807) is 0 Å². The molecule has 2 aliphatic carbocycles. The minimum Gasteiger partial charge on any atom is -0.335 e. The number of carbonyl (C=O) groups is 1. The van der Waals surface area contributed by atoms with Gasteiger partial charge in [-0.1, -0.05) is 24.3 Å². The number of nitrogens with one attached hydrogen (secondary N) is 1. The van der Waals surface area contributed by atoms with Crippen LogP contribution in [0.25, 0.3) is 0 Å². The monoisotopic (exact) mass is 346 g/mol. The molecule has 4 unspecified atom stereocenters. The van der Waals surface area contributed by atoms with E-state index in [4.69, 9.17) is 0 Å². The number of amides is 1. The zero-order valence-corrected chi connectivity index (χ0v) is 15.0. The van der Waals surface area contributed by atoms with Crippen LogP contribution >= 0.6 is 12.4 Å². The number of benzene rings is 1. The highest BCUT2D eigenvalue weighted by atomic mass is 35.5. The Bertz CT molecular complexity index is 634. The Morgan fingerprint density at radius 2 is 2.00 bits per heavy atom. The predicted octanol–water partition coefficient (Wildman–Crippen LogP) is 3.06. The molecule has 1 aromatic carbocycles. The van der Waals surface area contributed by atoms with Gasteiger partial charge in [0.2, 0.25) is 5.91 Å². The Balaban J connectivity index is 0.00000146. The average Bonchev–Trinajstić information content (AvgIpc) is 3.18. The minimum atomic E-state index is 0. The third-order valence-corrected chi connectivity index (χ3v) is 6.90. The second-order valence-corrected chi connectivity index (χ2v) is 8.05. The lowest BCUT2D eigenvalue weighted by Gasteiger charge is -2.31. The fraction of sp³-hybridized carbons (Fsp3) is 0.650. The Labute approximate surface area is 150 Å². The SMILES string of the molecule is Cl.O=C(C1CC12CCCc1ccccc12)N1C2CCNCC1CC2. The van der Waals surface area contributed by atoms with Crippen LogP contribution in [0.15, 0.2) is 24.3 Å². The van der Waals surface area contributed by atoms with Crippen LogP contribution in [0.1, 0.15) is 49.7 Å². The fourth-order valence-corrected chi connectivity index (χ4v) is 5.68. The number of halogens is 1. The van der Waals surface area contributed by atoms with Crippen molar-refractivity contribution < 1.29 is 4.79 Å². The highest BCUT2D eigenvalue weighted by Crippen LogP contribution is 2.61. The molecule has 3 nitrogen and oxygen atoms in total. The van der Waals surface area contributed by atoms with E-state index in [1.807, 2.05) is 0 Å². The van der Waals surface area contributed by atoms with Gasteiger partial charge in [0, 0.05) is 30.0 Å². The van der Waals surface area contributed by atoms with Crippen LogP contribution in [-0.4, -0.2) is 36.0 Å². The molecule has 0 aromatic heterocycles. The van der Waals surface area contributed by atoms with Gasteiger partial charge in [0.05, 0.1) is 0 Å².